The molecule has 1 aromatic carbocycles. The summed E-state index contributed by atoms with van der Waals surface area (Å²) in [6.07, 6.45) is 4.83. The third kappa shape index (κ3) is 4.46. The molecular formula is C14H17ClNO4P. The van der Waals surface area contributed by atoms with Gasteiger partial charge in [-0.3, -0.25) is 9.05 Å². The van der Waals surface area contributed by atoms with E-state index < -0.39 is 7.82 Å². The number of benzene rings is 1. The van der Waals surface area contributed by atoms with Gasteiger partial charge in [0.2, 0.25) is 0 Å². The minimum atomic E-state index is -3.71. The Morgan fingerprint density at radius 2 is 2.05 bits per heavy atom. The zero-order chi connectivity index (χ0) is 15.3. The van der Waals surface area contributed by atoms with E-state index >= 15 is 0 Å². The first-order valence-electron chi connectivity index (χ1n) is 6.80. The summed E-state index contributed by atoms with van der Waals surface area (Å²) in [4.78, 5) is 0. The van der Waals surface area contributed by atoms with Crippen LogP contribution in [0.5, 0.6) is 5.75 Å². The zero-order valence-corrected chi connectivity index (χ0v) is 13.4. The van der Waals surface area contributed by atoms with Crippen LogP contribution in [0, 0.1) is 11.3 Å². The largest absolute Gasteiger partial charge is 0.530 e. The molecule has 0 heterocycles. The second-order valence-corrected chi connectivity index (χ2v) is 6.90. The molecule has 0 amide bonds. The molecule has 2 rings (SSSR count). The lowest BCUT2D eigenvalue weighted by molar-refractivity contribution is 0.0975. The van der Waals surface area contributed by atoms with E-state index in [2.05, 4.69) is 0 Å². The molecule has 1 aliphatic rings. The van der Waals surface area contributed by atoms with Gasteiger partial charge in [-0.15, -0.1) is 0 Å². The SMILES string of the molecule is COP(=O)(Oc1ccc(C#N)cc1Cl)OC1CCCCC1. The van der Waals surface area contributed by atoms with Crippen LogP contribution in [0.15, 0.2) is 18.2 Å². The van der Waals surface area contributed by atoms with Crippen LogP contribution in [0.1, 0.15) is 37.7 Å². The van der Waals surface area contributed by atoms with Gasteiger partial charge in [-0.2, -0.15) is 5.26 Å². The lowest BCUT2D eigenvalue weighted by Crippen LogP contribution is -2.17. The summed E-state index contributed by atoms with van der Waals surface area (Å²) >= 11 is 6.01. The average Bonchev–Trinajstić information content (AvgIpc) is 2.50. The highest BCUT2D eigenvalue weighted by atomic mass is 35.5. The van der Waals surface area contributed by atoms with Gasteiger partial charge < -0.3 is 4.52 Å². The Balaban J connectivity index is 2.10. The molecule has 1 atom stereocenters. The molecule has 0 saturated heterocycles. The van der Waals surface area contributed by atoms with Crippen LogP contribution < -0.4 is 4.52 Å². The van der Waals surface area contributed by atoms with Crippen molar-refractivity contribution < 1.29 is 18.1 Å². The first-order valence-corrected chi connectivity index (χ1v) is 8.63. The Morgan fingerprint density at radius 3 is 2.62 bits per heavy atom. The summed E-state index contributed by atoms with van der Waals surface area (Å²) < 4.78 is 28.4. The fraction of sp³-hybridized carbons (Fsp3) is 0.500. The predicted octanol–water partition coefficient (Wildman–Crippen LogP) is 4.69. The molecule has 21 heavy (non-hydrogen) atoms. The third-order valence-corrected chi connectivity index (χ3v) is 5.04. The quantitative estimate of drug-likeness (QED) is 0.733. The van der Waals surface area contributed by atoms with Gasteiger partial charge >= 0.3 is 7.82 Å². The van der Waals surface area contributed by atoms with Crippen molar-refractivity contribution in [2.24, 2.45) is 0 Å². The zero-order valence-electron chi connectivity index (χ0n) is 11.8. The maximum atomic E-state index is 12.5. The van der Waals surface area contributed by atoms with Crippen LogP contribution in [0.25, 0.3) is 0 Å². The van der Waals surface area contributed by atoms with Crippen LogP contribution >= 0.6 is 19.4 Å². The van der Waals surface area contributed by atoms with Gasteiger partial charge in [0.15, 0.2) is 0 Å². The molecule has 0 radical (unpaired) electrons. The molecule has 7 heteroatoms. The van der Waals surface area contributed by atoms with Crippen molar-refractivity contribution in [3.8, 4) is 11.8 Å². The summed E-state index contributed by atoms with van der Waals surface area (Å²) in [5, 5.41) is 8.99. The van der Waals surface area contributed by atoms with E-state index in [0.29, 0.717) is 5.56 Å². The first kappa shape index (κ1) is 16.3. The lowest BCUT2D eigenvalue weighted by atomic mass is 9.98. The molecule has 114 valence electrons. The standard InChI is InChI=1S/C14H17ClNO4P/c1-18-21(17,19-12-5-3-2-4-6-12)20-14-8-7-11(10-16)9-13(14)15/h7-9,12H,2-6H2,1H3. The highest BCUT2D eigenvalue weighted by Crippen LogP contribution is 2.52. The monoisotopic (exact) mass is 329 g/mol. The number of nitriles is 1. The molecule has 0 bridgehead atoms. The fourth-order valence-electron chi connectivity index (χ4n) is 2.22. The first-order chi connectivity index (χ1) is 10.1. The van der Waals surface area contributed by atoms with Crippen LogP contribution in [-0.4, -0.2) is 13.2 Å². The number of phosphoric ester groups is 1. The van der Waals surface area contributed by atoms with Crippen molar-refractivity contribution in [1.82, 2.24) is 0 Å². The van der Waals surface area contributed by atoms with Crippen molar-refractivity contribution in [3.05, 3.63) is 28.8 Å². The molecule has 5 nitrogen and oxygen atoms in total. The van der Waals surface area contributed by atoms with Gasteiger partial charge in [-0.1, -0.05) is 30.9 Å². The Bertz CT molecular complexity index is 581. The van der Waals surface area contributed by atoms with Crippen molar-refractivity contribution >= 4 is 19.4 Å². The second-order valence-electron chi connectivity index (χ2n) is 4.84. The van der Waals surface area contributed by atoms with Crippen LogP contribution in [0.2, 0.25) is 5.02 Å². The van der Waals surface area contributed by atoms with Gasteiger partial charge in [-0.05, 0) is 31.0 Å². The Morgan fingerprint density at radius 1 is 1.33 bits per heavy atom. The van der Waals surface area contributed by atoms with Crippen LogP contribution in [0.4, 0.5) is 0 Å². The smallest absolute Gasteiger partial charge is 0.402 e. The highest BCUT2D eigenvalue weighted by Gasteiger charge is 2.32. The van der Waals surface area contributed by atoms with E-state index in [9.17, 15) is 4.57 Å². The maximum Gasteiger partial charge on any atom is 0.530 e. The van der Waals surface area contributed by atoms with E-state index in [0.717, 1.165) is 25.7 Å². The summed E-state index contributed by atoms with van der Waals surface area (Å²) in [7, 11) is -2.43. The van der Waals surface area contributed by atoms with E-state index in [4.69, 9.17) is 30.4 Å². The Kier molecular flexibility index (Phi) is 5.66. The lowest BCUT2D eigenvalue weighted by Gasteiger charge is -2.25. The number of halogens is 1. The number of rotatable bonds is 5. The van der Waals surface area contributed by atoms with Gasteiger partial charge in [0.1, 0.15) is 5.75 Å². The number of hydrogen-bond acceptors (Lipinski definition) is 5. The highest BCUT2D eigenvalue weighted by molar-refractivity contribution is 7.48. The van der Waals surface area contributed by atoms with Crippen LogP contribution in [-0.2, 0) is 13.6 Å². The molecule has 0 N–H and O–H groups in total. The minimum Gasteiger partial charge on any atom is -0.402 e. The van der Waals surface area contributed by atoms with E-state index in [1.54, 1.807) is 0 Å². The number of phosphoric acid groups is 1. The van der Waals surface area contributed by atoms with Gasteiger partial charge in [0.05, 0.1) is 22.8 Å². The molecule has 0 aromatic heterocycles. The van der Waals surface area contributed by atoms with Crippen molar-refractivity contribution in [1.29, 1.82) is 5.26 Å². The Hall–Kier alpha value is -1.05. The third-order valence-electron chi connectivity index (χ3n) is 3.33. The normalized spacial score (nSPS) is 18.7. The molecule has 1 aromatic rings. The van der Waals surface area contributed by atoms with E-state index in [1.165, 1.54) is 31.7 Å². The second kappa shape index (κ2) is 7.29. The minimum absolute atomic E-state index is 0.123. The molecule has 1 aliphatic carbocycles. The van der Waals surface area contributed by atoms with E-state index in [1.807, 2.05) is 6.07 Å². The van der Waals surface area contributed by atoms with Gasteiger partial charge in [0.25, 0.3) is 0 Å². The molecule has 1 saturated carbocycles. The van der Waals surface area contributed by atoms with Crippen molar-refractivity contribution in [3.63, 3.8) is 0 Å². The van der Waals surface area contributed by atoms with Crippen molar-refractivity contribution in [2.45, 2.75) is 38.2 Å². The maximum absolute atomic E-state index is 12.5. The predicted molar refractivity (Wildman–Crippen MR) is 79.4 cm³/mol. The molecule has 0 spiro atoms. The summed E-state index contributed by atoms with van der Waals surface area (Å²) in [5.41, 5.74) is 0.396. The van der Waals surface area contributed by atoms with E-state index in [-0.39, 0.29) is 16.9 Å². The number of hydrogen-bond donors (Lipinski definition) is 0. The topological polar surface area (TPSA) is 68.5 Å². The Labute approximate surface area is 129 Å². The molecule has 1 unspecified atom stereocenters. The molecule has 1 fully saturated rings. The van der Waals surface area contributed by atoms with Gasteiger partial charge in [-0.25, -0.2) is 4.57 Å². The summed E-state index contributed by atoms with van der Waals surface area (Å²) in [6.45, 7) is 0. The number of nitrogens with zero attached hydrogens (tertiary/aromatic N) is 1. The summed E-state index contributed by atoms with van der Waals surface area (Å²) in [6, 6.07) is 6.42. The average molecular weight is 330 g/mol. The molecular weight excluding hydrogens is 313 g/mol. The molecule has 0 aliphatic heterocycles. The van der Waals surface area contributed by atoms with Crippen molar-refractivity contribution in [2.75, 3.05) is 7.11 Å². The summed E-state index contributed by atoms with van der Waals surface area (Å²) in [5.74, 6) is 0.177. The fourth-order valence-corrected chi connectivity index (χ4v) is 3.67. The van der Waals surface area contributed by atoms with Crippen LogP contribution in [0.3, 0.4) is 0 Å². The van der Waals surface area contributed by atoms with Gasteiger partial charge in [0, 0.05) is 7.11 Å².